The molecule has 1 heterocycles. The van der Waals surface area contributed by atoms with Crippen LogP contribution in [0.1, 0.15) is 12.5 Å². The molecule has 90 valence electrons. The summed E-state index contributed by atoms with van der Waals surface area (Å²) >= 11 is 0. The molecule has 0 saturated carbocycles. The molecular formula is C12H13NO3P-. The first-order valence-electron chi connectivity index (χ1n) is 5.39. The largest absolute Gasteiger partial charge is 0.778 e. The van der Waals surface area contributed by atoms with Crippen molar-refractivity contribution in [2.24, 2.45) is 0 Å². The van der Waals surface area contributed by atoms with Crippen molar-refractivity contribution >= 4 is 18.5 Å². The summed E-state index contributed by atoms with van der Waals surface area (Å²) in [7, 11) is -3.81. The Morgan fingerprint density at radius 2 is 2.12 bits per heavy atom. The van der Waals surface area contributed by atoms with Crippen molar-refractivity contribution in [3.63, 3.8) is 0 Å². The van der Waals surface area contributed by atoms with E-state index in [-0.39, 0.29) is 12.8 Å². The van der Waals surface area contributed by atoms with Gasteiger partial charge in [-0.1, -0.05) is 24.3 Å². The van der Waals surface area contributed by atoms with E-state index in [4.69, 9.17) is 4.52 Å². The third-order valence-corrected chi connectivity index (χ3v) is 3.79. The Bertz CT molecular complexity index is 565. The molecule has 0 N–H and O–H groups in total. The van der Waals surface area contributed by atoms with Gasteiger partial charge in [0.25, 0.3) is 0 Å². The second-order valence-electron chi connectivity index (χ2n) is 3.68. The number of pyridine rings is 1. The number of nitrogens with zero attached hydrogens (tertiary/aromatic N) is 1. The molecule has 0 amide bonds. The lowest BCUT2D eigenvalue weighted by Gasteiger charge is -2.22. The number of para-hydroxylation sites is 1. The smallest absolute Gasteiger partial charge is 0.139 e. The Labute approximate surface area is 99.8 Å². The SMILES string of the molecule is CCOP(=O)([O-])Cc1cccc2cccnc12. The Hall–Kier alpha value is -1.22. The van der Waals surface area contributed by atoms with Crippen LogP contribution in [0.3, 0.4) is 0 Å². The van der Waals surface area contributed by atoms with E-state index in [0.29, 0.717) is 11.1 Å². The highest BCUT2D eigenvalue weighted by Crippen LogP contribution is 2.41. The molecule has 0 saturated heterocycles. The molecule has 1 aromatic carbocycles. The van der Waals surface area contributed by atoms with Crippen LogP contribution in [0.5, 0.6) is 0 Å². The lowest BCUT2D eigenvalue weighted by atomic mass is 10.1. The molecule has 17 heavy (non-hydrogen) atoms. The maximum Gasteiger partial charge on any atom is 0.139 e. The van der Waals surface area contributed by atoms with E-state index < -0.39 is 7.60 Å². The average Bonchev–Trinajstić information content (AvgIpc) is 2.29. The van der Waals surface area contributed by atoms with E-state index in [1.165, 1.54) is 0 Å². The van der Waals surface area contributed by atoms with Crippen molar-refractivity contribution in [1.82, 2.24) is 4.98 Å². The fourth-order valence-electron chi connectivity index (χ4n) is 1.75. The van der Waals surface area contributed by atoms with Crippen LogP contribution in [-0.2, 0) is 15.3 Å². The van der Waals surface area contributed by atoms with Gasteiger partial charge in [0.2, 0.25) is 0 Å². The summed E-state index contributed by atoms with van der Waals surface area (Å²) in [6.45, 7) is 1.82. The number of rotatable bonds is 4. The molecule has 1 atom stereocenters. The van der Waals surface area contributed by atoms with Gasteiger partial charge in [-0.25, -0.2) is 0 Å². The summed E-state index contributed by atoms with van der Waals surface area (Å²) in [5.41, 5.74) is 1.39. The lowest BCUT2D eigenvalue weighted by molar-refractivity contribution is -0.198. The van der Waals surface area contributed by atoms with Crippen LogP contribution in [0, 0.1) is 0 Å². The number of hydrogen-bond acceptors (Lipinski definition) is 4. The zero-order chi connectivity index (χ0) is 12.3. The van der Waals surface area contributed by atoms with Gasteiger partial charge in [0.05, 0.1) is 12.1 Å². The molecule has 0 bridgehead atoms. The zero-order valence-corrected chi connectivity index (χ0v) is 10.4. The van der Waals surface area contributed by atoms with Crippen LogP contribution in [0.15, 0.2) is 36.5 Å². The minimum absolute atomic E-state index is 0.116. The van der Waals surface area contributed by atoms with Crippen LogP contribution in [0.4, 0.5) is 0 Å². The topological polar surface area (TPSA) is 62.2 Å². The molecule has 0 radical (unpaired) electrons. The fourth-order valence-corrected chi connectivity index (χ4v) is 2.90. The summed E-state index contributed by atoms with van der Waals surface area (Å²) < 4.78 is 16.4. The van der Waals surface area contributed by atoms with Crippen LogP contribution in [0.2, 0.25) is 0 Å². The highest BCUT2D eigenvalue weighted by Gasteiger charge is 2.11. The summed E-state index contributed by atoms with van der Waals surface area (Å²) in [5.74, 6) is 0. The fraction of sp³-hybridized carbons (Fsp3) is 0.250. The van der Waals surface area contributed by atoms with Gasteiger partial charge < -0.3 is 14.0 Å². The number of benzene rings is 1. The zero-order valence-electron chi connectivity index (χ0n) is 9.50. The number of hydrogen-bond donors (Lipinski definition) is 0. The molecule has 0 aliphatic carbocycles. The number of fused-ring (bicyclic) bond motifs is 1. The summed E-state index contributed by atoms with van der Waals surface area (Å²) in [5, 5.41) is 0.932. The third kappa shape index (κ3) is 2.91. The van der Waals surface area contributed by atoms with Crippen molar-refractivity contribution in [2.75, 3.05) is 6.61 Å². The first-order chi connectivity index (χ1) is 8.12. The Kier molecular flexibility index (Phi) is 3.57. The van der Waals surface area contributed by atoms with Gasteiger partial charge in [0, 0.05) is 17.7 Å². The molecule has 2 rings (SSSR count). The second-order valence-corrected chi connectivity index (χ2v) is 5.48. The molecule has 0 aliphatic rings. The predicted molar refractivity (Wildman–Crippen MR) is 64.7 cm³/mol. The highest BCUT2D eigenvalue weighted by atomic mass is 31.2. The van der Waals surface area contributed by atoms with Crippen molar-refractivity contribution in [1.29, 1.82) is 0 Å². The van der Waals surface area contributed by atoms with E-state index in [0.717, 1.165) is 5.39 Å². The Morgan fingerprint density at radius 3 is 2.88 bits per heavy atom. The Balaban J connectivity index is 2.39. The average molecular weight is 250 g/mol. The van der Waals surface area contributed by atoms with Gasteiger partial charge in [0.1, 0.15) is 7.60 Å². The van der Waals surface area contributed by atoms with Gasteiger partial charge in [-0.3, -0.25) is 4.98 Å². The van der Waals surface area contributed by atoms with Crippen LogP contribution >= 0.6 is 7.60 Å². The minimum Gasteiger partial charge on any atom is -0.778 e. The van der Waals surface area contributed by atoms with E-state index in [9.17, 15) is 9.46 Å². The maximum atomic E-state index is 11.6. The molecule has 1 aromatic heterocycles. The quantitative estimate of drug-likeness (QED) is 0.781. The monoisotopic (exact) mass is 250 g/mol. The molecule has 1 unspecified atom stereocenters. The van der Waals surface area contributed by atoms with E-state index in [1.807, 2.05) is 24.3 Å². The summed E-state index contributed by atoms with van der Waals surface area (Å²) in [6.07, 6.45) is 1.54. The van der Waals surface area contributed by atoms with Crippen molar-refractivity contribution in [2.45, 2.75) is 13.1 Å². The van der Waals surface area contributed by atoms with Crippen LogP contribution in [-0.4, -0.2) is 11.6 Å². The summed E-state index contributed by atoms with van der Waals surface area (Å²) in [4.78, 5) is 15.8. The molecule has 2 aromatic rings. The predicted octanol–water partition coefficient (Wildman–Crippen LogP) is 2.32. The van der Waals surface area contributed by atoms with Gasteiger partial charge >= 0.3 is 0 Å². The van der Waals surface area contributed by atoms with Gasteiger partial charge in [0.15, 0.2) is 0 Å². The maximum absolute atomic E-state index is 11.6. The van der Waals surface area contributed by atoms with Crippen molar-refractivity contribution < 1.29 is 14.0 Å². The second kappa shape index (κ2) is 4.96. The lowest BCUT2D eigenvalue weighted by Crippen LogP contribution is -2.07. The molecule has 5 heteroatoms. The Morgan fingerprint density at radius 1 is 1.35 bits per heavy atom. The standard InChI is InChI=1S/C12H14NO3P/c1-2-16-17(14,15)9-11-6-3-5-10-7-4-8-13-12(10)11/h3-8H,2,9H2,1H3,(H,14,15)/p-1. The van der Waals surface area contributed by atoms with Gasteiger partial charge in [-0.2, -0.15) is 0 Å². The van der Waals surface area contributed by atoms with Crippen molar-refractivity contribution in [3.8, 4) is 0 Å². The number of aromatic nitrogens is 1. The first kappa shape index (κ1) is 12.2. The molecule has 0 fully saturated rings. The minimum atomic E-state index is -3.81. The summed E-state index contributed by atoms with van der Waals surface area (Å²) in [6, 6.07) is 9.22. The highest BCUT2D eigenvalue weighted by molar-refractivity contribution is 7.50. The molecular weight excluding hydrogens is 237 g/mol. The molecule has 0 spiro atoms. The van der Waals surface area contributed by atoms with Crippen molar-refractivity contribution in [3.05, 3.63) is 42.1 Å². The molecule has 0 aliphatic heterocycles. The first-order valence-corrected chi connectivity index (χ1v) is 7.12. The van der Waals surface area contributed by atoms with Gasteiger partial charge in [-0.05, 0) is 18.6 Å². The van der Waals surface area contributed by atoms with E-state index in [2.05, 4.69) is 4.98 Å². The van der Waals surface area contributed by atoms with Gasteiger partial charge in [-0.15, -0.1) is 0 Å². The van der Waals surface area contributed by atoms with E-state index >= 15 is 0 Å². The van der Waals surface area contributed by atoms with Crippen LogP contribution < -0.4 is 4.89 Å². The third-order valence-electron chi connectivity index (χ3n) is 2.41. The normalized spacial score (nSPS) is 14.7. The van der Waals surface area contributed by atoms with E-state index in [1.54, 1.807) is 19.2 Å². The molecule has 4 nitrogen and oxygen atoms in total. The van der Waals surface area contributed by atoms with Crippen LogP contribution in [0.25, 0.3) is 10.9 Å².